The van der Waals surface area contributed by atoms with Crippen molar-refractivity contribution in [2.75, 3.05) is 23.7 Å². The van der Waals surface area contributed by atoms with Gasteiger partial charge in [-0.3, -0.25) is 0 Å². The van der Waals surface area contributed by atoms with Crippen molar-refractivity contribution in [1.29, 1.82) is 0 Å². The number of rotatable bonds is 2. The predicted molar refractivity (Wildman–Crippen MR) is 54.6 cm³/mol. The van der Waals surface area contributed by atoms with Crippen LogP contribution < -0.4 is 10.6 Å². The molecule has 0 radical (unpaired) electrons. The van der Waals surface area contributed by atoms with Crippen LogP contribution in [-0.2, 0) is 0 Å². The molecule has 1 aromatic rings. The third kappa shape index (κ3) is 1.59. The first kappa shape index (κ1) is 8.35. The molecule has 0 unspecified atom stereocenters. The Balaban J connectivity index is 1.99. The summed E-state index contributed by atoms with van der Waals surface area (Å²) in [5.41, 5.74) is 6.70. The molecule has 0 amide bonds. The number of pyridine rings is 1. The Morgan fingerprint density at radius 1 is 1.54 bits per heavy atom. The van der Waals surface area contributed by atoms with E-state index in [1.807, 2.05) is 18.3 Å². The summed E-state index contributed by atoms with van der Waals surface area (Å²) in [6, 6.07) is 3.89. The van der Waals surface area contributed by atoms with Crippen molar-refractivity contribution in [3.8, 4) is 0 Å². The van der Waals surface area contributed by atoms with E-state index in [2.05, 4.69) is 16.8 Å². The van der Waals surface area contributed by atoms with Crippen LogP contribution in [0.3, 0.4) is 0 Å². The van der Waals surface area contributed by atoms with Crippen LogP contribution in [0.5, 0.6) is 0 Å². The second kappa shape index (κ2) is 3.24. The summed E-state index contributed by atoms with van der Waals surface area (Å²) in [6.07, 6.45) is 3.13. The van der Waals surface area contributed by atoms with Crippen molar-refractivity contribution in [1.82, 2.24) is 4.98 Å². The Morgan fingerprint density at radius 3 is 2.85 bits per heavy atom. The Morgan fingerprint density at radius 2 is 2.31 bits per heavy atom. The summed E-state index contributed by atoms with van der Waals surface area (Å²) in [4.78, 5) is 6.40. The summed E-state index contributed by atoms with van der Waals surface area (Å²) in [6.45, 7) is 4.58. The van der Waals surface area contributed by atoms with Crippen LogP contribution in [0.25, 0.3) is 0 Å². The van der Waals surface area contributed by atoms with Crippen LogP contribution >= 0.6 is 0 Å². The number of nitrogens with zero attached hydrogens (tertiary/aromatic N) is 2. The van der Waals surface area contributed by atoms with Gasteiger partial charge in [0.25, 0.3) is 0 Å². The molecule has 2 heterocycles. The summed E-state index contributed by atoms with van der Waals surface area (Å²) < 4.78 is 0. The number of nitrogens with two attached hydrogens (primary N) is 1. The fraction of sp³-hybridized carbons (Fsp3) is 0.500. The second-order valence-electron chi connectivity index (χ2n) is 3.62. The van der Waals surface area contributed by atoms with Crippen LogP contribution in [0.4, 0.5) is 11.5 Å². The van der Waals surface area contributed by atoms with Gasteiger partial charge in [0.2, 0.25) is 0 Å². The number of nitrogen functional groups attached to an aromatic ring is 1. The average molecular weight is 177 g/mol. The molecule has 0 saturated carbocycles. The number of hydrogen-bond donors (Lipinski definition) is 1. The van der Waals surface area contributed by atoms with Gasteiger partial charge in [-0.2, -0.15) is 0 Å². The van der Waals surface area contributed by atoms with Crippen molar-refractivity contribution in [3.63, 3.8) is 0 Å². The van der Waals surface area contributed by atoms with Gasteiger partial charge in [0, 0.05) is 13.1 Å². The first-order chi connectivity index (χ1) is 6.29. The molecule has 0 atom stereocenters. The smallest absolute Gasteiger partial charge is 0.123 e. The standard InChI is InChI=1S/C10H15N3/c1-2-8-6-13(7-8)9-3-4-10(11)12-5-9/h3-5,8H,2,6-7H2,1H3,(H2,11,12). The van der Waals surface area contributed by atoms with Crippen molar-refractivity contribution >= 4 is 11.5 Å². The lowest BCUT2D eigenvalue weighted by Gasteiger charge is -2.40. The molecule has 0 bridgehead atoms. The summed E-state index contributed by atoms with van der Waals surface area (Å²) >= 11 is 0. The molecule has 1 aromatic heterocycles. The zero-order chi connectivity index (χ0) is 9.26. The van der Waals surface area contributed by atoms with Crippen LogP contribution in [0, 0.1) is 5.92 Å². The number of aromatic nitrogens is 1. The molecule has 2 rings (SSSR count). The topological polar surface area (TPSA) is 42.1 Å². The molecule has 0 aromatic carbocycles. The van der Waals surface area contributed by atoms with E-state index in [4.69, 9.17) is 5.73 Å². The van der Waals surface area contributed by atoms with E-state index in [-0.39, 0.29) is 0 Å². The Labute approximate surface area is 78.6 Å². The van der Waals surface area contributed by atoms with E-state index in [1.165, 1.54) is 25.2 Å². The molecular weight excluding hydrogens is 162 g/mol. The Bertz CT molecular complexity index is 275. The molecule has 70 valence electrons. The quantitative estimate of drug-likeness (QED) is 0.744. The Hall–Kier alpha value is -1.25. The van der Waals surface area contributed by atoms with Crippen LogP contribution in [0.2, 0.25) is 0 Å². The lowest BCUT2D eigenvalue weighted by atomic mass is 9.97. The fourth-order valence-corrected chi connectivity index (χ4v) is 1.62. The molecule has 1 saturated heterocycles. The van der Waals surface area contributed by atoms with Crippen molar-refractivity contribution in [2.24, 2.45) is 5.92 Å². The van der Waals surface area contributed by atoms with E-state index in [9.17, 15) is 0 Å². The minimum Gasteiger partial charge on any atom is -0.384 e. The lowest BCUT2D eigenvalue weighted by molar-refractivity contribution is 0.398. The van der Waals surface area contributed by atoms with Crippen molar-refractivity contribution in [2.45, 2.75) is 13.3 Å². The molecule has 1 fully saturated rings. The van der Waals surface area contributed by atoms with Gasteiger partial charge in [-0.1, -0.05) is 6.92 Å². The maximum absolute atomic E-state index is 5.51. The van der Waals surface area contributed by atoms with Gasteiger partial charge in [-0.05, 0) is 24.5 Å². The highest BCUT2D eigenvalue weighted by Gasteiger charge is 2.24. The van der Waals surface area contributed by atoms with Crippen molar-refractivity contribution in [3.05, 3.63) is 18.3 Å². The molecule has 1 aliphatic heterocycles. The third-order valence-corrected chi connectivity index (χ3v) is 2.67. The van der Waals surface area contributed by atoms with E-state index in [0.29, 0.717) is 5.82 Å². The highest BCUT2D eigenvalue weighted by molar-refractivity contribution is 5.49. The summed E-state index contributed by atoms with van der Waals surface area (Å²) in [5, 5.41) is 0. The summed E-state index contributed by atoms with van der Waals surface area (Å²) in [5.74, 6) is 1.47. The molecule has 0 spiro atoms. The second-order valence-corrected chi connectivity index (χ2v) is 3.62. The van der Waals surface area contributed by atoms with Crippen molar-refractivity contribution < 1.29 is 0 Å². The highest BCUT2D eigenvalue weighted by Crippen LogP contribution is 2.25. The average Bonchev–Trinajstić information content (AvgIpc) is 2.06. The first-order valence-corrected chi connectivity index (χ1v) is 4.76. The zero-order valence-electron chi connectivity index (χ0n) is 7.90. The van der Waals surface area contributed by atoms with Crippen LogP contribution in [0.1, 0.15) is 13.3 Å². The SMILES string of the molecule is CCC1CN(c2ccc(N)nc2)C1. The molecule has 1 aliphatic rings. The van der Waals surface area contributed by atoms with Crippen LogP contribution in [0.15, 0.2) is 18.3 Å². The van der Waals surface area contributed by atoms with Gasteiger partial charge in [0.1, 0.15) is 5.82 Å². The van der Waals surface area contributed by atoms with E-state index < -0.39 is 0 Å². The maximum Gasteiger partial charge on any atom is 0.123 e. The minimum absolute atomic E-state index is 0.594. The van der Waals surface area contributed by atoms with E-state index in [1.54, 1.807) is 0 Å². The molecular formula is C10H15N3. The minimum atomic E-state index is 0.594. The lowest BCUT2D eigenvalue weighted by Crippen LogP contribution is -2.46. The zero-order valence-corrected chi connectivity index (χ0v) is 7.90. The predicted octanol–water partition coefficient (Wildman–Crippen LogP) is 1.51. The molecule has 2 N–H and O–H groups in total. The molecule has 3 nitrogen and oxygen atoms in total. The molecule has 3 heteroatoms. The fourth-order valence-electron chi connectivity index (χ4n) is 1.62. The normalized spacial score (nSPS) is 17.2. The number of anilines is 2. The van der Waals surface area contributed by atoms with Gasteiger partial charge in [-0.15, -0.1) is 0 Å². The first-order valence-electron chi connectivity index (χ1n) is 4.76. The molecule has 13 heavy (non-hydrogen) atoms. The Kier molecular flexibility index (Phi) is 2.08. The largest absolute Gasteiger partial charge is 0.384 e. The maximum atomic E-state index is 5.51. The highest BCUT2D eigenvalue weighted by atomic mass is 15.2. The molecule has 0 aliphatic carbocycles. The van der Waals surface area contributed by atoms with Crippen LogP contribution in [-0.4, -0.2) is 18.1 Å². The van der Waals surface area contributed by atoms with Gasteiger partial charge in [0.05, 0.1) is 11.9 Å². The van der Waals surface area contributed by atoms with E-state index in [0.717, 1.165) is 5.92 Å². The van der Waals surface area contributed by atoms with Gasteiger partial charge in [0.15, 0.2) is 0 Å². The summed E-state index contributed by atoms with van der Waals surface area (Å²) in [7, 11) is 0. The van der Waals surface area contributed by atoms with Gasteiger partial charge >= 0.3 is 0 Å². The van der Waals surface area contributed by atoms with Gasteiger partial charge < -0.3 is 10.6 Å². The van der Waals surface area contributed by atoms with Gasteiger partial charge in [-0.25, -0.2) is 4.98 Å². The third-order valence-electron chi connectivity index (χ3n) is 2.67. The monoisotopic (exact) mass is 177 g/mol. The number of hydrogen-bond acceptors (Lipinski definition) is 3. The van der Waals surface area contributed by atoms with E-state index >= 15 is 0 Å².